The first-order chi connectivity index (χ1) is 5.86. The summed E-state index contributed by atoms with van der Waals surface area (Å²) in [4.78, 5) is 13.8. The van der Waals surface area contributed by atoms with Crippen LogP contribution in [0.1, 0.15) is 11.3 Å². The molecule has 0 saturated carbocycles. The largest absolute Gasteiger partial charge is 0.392 e. The van der Waals surface area contributed by atoms with Gasteiger partial charge < -0.3 is 5.11 Å². The Morgan fingerprint density at radius 1 is 1.58 bits per heavy atom. The first-order valence-electron chi connectivity index (χ1n) is 3.38. The number of hydrogen-bond acceptors (Lipinski definition) is 3. The number of hydrogen-bond donors (Lipinski definition) is 1. The van der Waals surface area contributed by atoms with Crippen LogP contribution >= 0.6 is 0 Å². The van der Waals surface area contributed by atoms with E-state index in [4.69, 9.17) is 5.11 Å². The Labute approximate surface area is 70.1 Å². The van der Waals surface area contributed by atoms with Gasteiger partial charge in [0.15, 0.2) is 6.29 Å². The molecule has 3 nitrogen and oxygen atoms in total. The monoisotopic (exact) mass is 161 g/mol. The van der Waals surface area contributed by atoms with Crippen molar-refractivity contribution in [2.24, 2.45) is 0 Å². The number of carbonyl (C=O) groups is 1. The highest BCUT2D eigenvalue weighted by Gasteiger charge is 1.89. The van der Waals surface area contributed by atoms with E-state index in [1.807, 2.05) is 0 Å². The maximum Gasteiger partial charge on any atom is 0.193 e. The van der Waals surface area contributed by atoms with Gasteiger partial charge in [-0.2, -0.15) is 0 Å². The maximum absolute atomic E-state index is 9.86. The van der Waals surface area contributed by atoms with Crippen LogP contribution in [-0.2, 0) is 11.4 Å². The SMILES string of the molecule is O=CC#Cc1ccc(CO)cn1. The fourth-order valence-electron chi connectivity index (χ4n) is 0.695. The van der Waals surface area contributed by atoms with Crippen molar-refractivity contribution in [2.45, 2.75) is 6.61 Å². The van der Waals surface area contributed by atoms with Gasteiger partial charge in [0.2, 0.25) is 0 Å². The third-order valence-electron chi connectivity index (χ3n) is 1.27. The number of aromatic nitrogens is 1. The Hall–Kier alpha value is -1.66. The van der Waals surface area contributed by atoms with Gasteiger partial charge in [-0.05, 0) is 23.5 Å². The Bertz CT molecular complexity index is 319. The highest BCUT2D eigenvalue weighted by molar-refractivity contribution is 5.73. The van der Waals surface area contributed by atoms with Gasteiger partial charge in [0, 0.05) is 6.20 Å². The van der Waals surface area contributed by atoms with Crippen molar-refractivity contribution in [1.29, 1.82) is 0 Å². The van der Waals surface area contributed by atoms with Crippen molar-refractivity contribution in [2.75, 3.05) is 0 Å². The van der Waals surface area contributed by atoms with Crippen LogP contribution in [0.4, 0.5) is 0 Å². The molecule has 0 saturated heterocycles. The molecule has 0 aromatic carbocycles. The Morgan fingerprint density at radius 3 is 2.92 bits per heavy atom. The summed E-state index contributed by atoms with van der Waals surface area (Å²) in [5.74, 6) is 4.78. The highest BCUT2D eigenvalue weighted by Crippen LogP contribution is 1.97. The number of rotatable bonds is 1. The van der Waals surface area contributed by atoms with Crippen molar-refractivity contribution >= 4 is 6.29 Å². The zero-order chi connectivity index (χ0) is 8.81. The molecule has 0 fully saturated rings. The number of aliphatic hydroxyl groups is 1. The number of aliphatic hydroxyl groups excluding tert-OH is 1. The molecule has 0 aliphatic heterocycles. The summed E-state index contributed by atoms with van der Waals surface area (Å²) in [6.45, 7) is -0.0333. The van der Waals surface area contributed by atoms with Gasteiger partial charge in [0.25, 0.3) is 0 Å². The summed E-state index contributed by atoms with van der Waals surface area (Å²) in [5, 5.41) is 8.67. The smallest absolute Gasteiger partial charge is 0.193 e. The summed E-state index contributed by atoms with van der Waals surface area (Å²) >= 11 is 0. The lowest BCUT2D eigenvalue weighted by Crippen LogP contribution is -1.87. The molecular formula is C9H7NO2. The van der Waals surface area contributed by atoms with Crippen molar-refractivity contribution < 1.29 is 9.90 Å². The second-order valence-electron chi connectivity index (χ2n) is 2.10. The van der Waals surface area contributed by atoms with Crippen LogP contribution in [0.15, 0.2) is 18.3 Å². The fraction of sp³-hybridized carbons (Fsp3) is 0.111. The quantitative estimate of drug-likeness (QED) is 0.470. The summed E-state index contributed by atoms with van der Waals surface area (Å²) in [6.07, 6.45) is 2.04. The molecule has 1 heterocycles. The molecule has 1 rings (SSSR count). The van der Waals surface area contributed by atoms with E-state index in [0.717, 1.165) is 5.56 Å². The summed E-state index contributed by atoms with van der Waals surface area (Å²) in [7, 11) is 0. The molecule has 0 aliphatic rings. The van der Waals surface area contributed by atoms with Crippen molar-refractivity contribution in [3.63, 3.8) is 0 Å². The topological polar surface area (TPSA) is 50.2 Å². The molecular weight excluding hydrogens is 154 g/mol. The molecule has 1 aromatic rings. The lowest BCUT2D eigenvalue weighted by molar-refractivity contribution is -0.103. The molecule has 0 radical (unpaired) electrons. The fourth-order valence-corrected chi connectivity index (χ4v) is 0.695. The molecule has 0 aliphatic carbocycles. The second-order valence-corrected chi connectivity index (χ2v) is 2.10. The van der Waals surface area contributed by atoms with Gasteiger partial charge in [0.1, 0.15) is 5.69 Å². The van der Waals surface area contributed by atoms with E-state index in [1.54, 1.807) is 12.1 Å². The van der Waals surface area contributed by atoms with E-state index >= 15 is 0 Å². The van der Waals surface area contributed by atoms with Crippen LogP contribution in [0.25, 0.3) is 0 Å². The Morgan fingerprint density at radius 2 is 2.42 bits per heavy atom. The molecule has 0 atom stereocenters. The van der Waals surface area contributed by atoms with E-state index in [1.165, 1.54) is 6.20 Å². The van der Waals surface area contributed by atoms with E-state index < -0.39 is 0 Å². The normalized spacial score (nSPS) is 8.42. The van der Waals surface area contributed by atoms with Gasteiger partial charge in [-0.25, -0.2) is 4.98 Å². The molecule has 0 bridgehead atoms. The van der Waals surface area contributed by atoms with Crippen LogP contribution < -0.4 is 0 Å². The highest BCUT2D eigenvalue weighted by atomic mass is 16.3. The summed E-state index contributed by atoms with van der Waals surface area (Å²) in [5.41, 5.74) is 1.26. The van der Waals surface area contributed by atoms with Crippen LogP contribution in [-0.4, -0.2) is 16.4 Å². The number of carbonyl (C=O) groups excluding carboxylic acids is 1. The summed E-state index contributed by atoms with van der Waals surface area (Å²) < 4.78 is 0. The minimum absolute atomic E-state index is 0.0333. The zero-order valence-electron chi connectivity index (χ0n) is 6.32. The third-order valence-corrected chi connectivity index (χ3v) is 1.27. The lowest BCUT2D eigenvalue weighted by atomic mass is 10.2. The molecule has 0 spiro atoms. The van der Waals surface area contributed by atoms with Crippen LogP contribution in [0.5, 0.6) is 0 Å². The summed E-state index contributed by atoms with van der Waals surface area (Å²) in [6, 6.07) is 3.36. The Balaban J connectivity index is 2.84. The molecule has 0 amide bonds. The van der Waals surface area contributed by atoms with Gasteiger partial charge >= 0.3 is 0 Å². The average molecular weight is 161 g/mol. The van der Waals surface area contributed by atoms with Gasteiger partial charge in [0.05, 0.1) is 6.61 Å². The van der Waals surface area contributed by atoms with Crippen molar-refractivity contribution in [1.82, 2.24) is 4.98 Å². The zero-order valence-corrected chi connectivity index (χ0v) is 6.32. The predicted octanol–water partition coefficient (Wildman–Crippen LogP) is 0.124. The molecule has 60 valence electrons. The van der Waals surface area contributed by atoms with Crippen molar-refractivity contribution in [3.8, 4) is 11.8 Å². The molecule has 12 heavy (non-hydrogen) atoms. The first-order valence-corrected chi connectivity index (χ1v) is 3.38. The third kappa shape index (κ3) is 2.19. The van der Waals surface area contributed by atoms with Crippen LogP contribution in [0.2, 0.25) is 0 Å². The molecule has 0 unspecified atom stereocenters. The minimum atomic E-state index is -0.0333. The number of aldehydes is 1. The molecule has 1 aromatic heterocycles. The Kier molecular flexibility index (Phi) is 3.00. The van der Waals surface area contributed by atoms with E-state index in [2.05, 4.69) is 16.8 Å². The van der Waals surface area contributed by atoms with Gasteiger partial charge in [-0.3, -0.25) is 4.79 Å². The average Bonchev–Trinajstić information content (AvgIpc) is 2.15. The standard InChI is InChI=1S/C9H7NO2/c11-5-1-2-9-4-3-8(7-12)6-10-9/h3-6,12H,7H2. The molecule has 3 heteroatoms. The number of pyridine rings is 1. The minimum Gasteiger partial charge on any atom is -0.392 e. The van der Waals surface area contributed by atoms with Crippen LogP contribution in [0.3, 0.4) is 0 Å². The predicted molar refractivity (Wildman–Crippen MR) is 43.1 cm³/mol. The van der Waals surface area contributed by atoms with E-state index in [9.17, 15) is 4.79 Å². The first kappa shape index (κ1) is 8.44. The lowest BCUT2D eigenvalue weighted by Gasteiger charge is -1.92. The van der Waals surface area contributed by atoms with Crippen molar-refractivity contribution in [3.05, 3.63) is 29.6 Å². The van der Waals surface area contributed by atoms with Crippen LogP contribution in [0, 0.1) is 11.8 Å². The van der Waals surface area contributed by atoms with E-state index in [-0.39, 0.29) is 6.61 Å². The van der Waals surface area contributed by atoms with E-state index in [0.29, 0.717) is 12.0 Å². The van der Waals surface area contributed by atoms with Gasteiger partial charge in [-0.1, -0.05) is 6.07 Å². The second kappa shape index (κ2) is 4.27. The van der Waals surface area contributed by atoms with Gasteiger partial charge in [-0.15, -0.1) is 0 Å². The number of nitrogens with zero attached hydrogens (tertiary/aromatic N) is 1. The maximum atomic E-state index is 9.86. The molecule has 1 N–H and O–H groups in total.